The number of ether oxygens (including phenoxy) is 1. The largest absolute Gasteiger partial charge is 0.445 e. The number of rotatable bonds is 6. The van der Waals surface area contributed by atoms with Crippen LogP contribution in [-0.2, 0) is 16.1 Å². The van der Waals surface area contributed by atoms with Gasteiger partial charge in [-0.15, -0.1) is 0 Å². The topological polar surface area (TPSA) is 61.9 Å². The summed E-state index contributed by atoms with van der Waals surface area (Å²) in [5.74, 6) is 0.00546. The lowest BCUT2D eigenvalue weighted by Crippen LogP contribution is -2.49. The average molecular weight is 367 g/mol. The van der Waals surface area contributed by atoms with E-state index in [1.807, 2.05) is 60.7 Å². The predicted octanol–water partition coefficient (Wildman–Crippen LogP) is 2.97. The maximum Gasteiger partial charge on any atom is 0.410 e. The van der Waals surface area contributed by atoms with E-state index >= 15 is 0 Å². The monoisotopic (exact) mass is 367 g/mol. The van der Waals surface area contributed by atoms with E-state index in [0.29, 0.717) is 32.7 Å². The molecule has 0 atom stereocenters. The van der Waals surface area contributed by atoms with Crippen molar-refractivity contribution < 1.29 is 14.3 Å². The van der Waals surface area contributed by atoms with Crippen LogP contribution in [0.3, 0.4) is 0 Å². The number of anilines is 1. The minimum atomic E-state index is -0.277. The van der Waals surface area contributed by atoms with Crippen LogP contribution in [0.1, 0.15) is 12.0 Å². The molecule has 0 unspecified atom stereocenters. The lowest BCUT2D eigenvalue weighted by atomic mass is 10.2. The molecular weight excluding hydrogens is 342 g/mol. The molecular formula is C21H25N3O3. The maximum absolute atomic E-state index is 12.2. The molecule has 2 amide bonds. The summed E-state index contributed by atoms with van der Waals surface area (Å²) in [6, 6.07) is 19.1. The molecule has 6 nitrogen and oxygen atoms in total. The number of benzene rings is 2. The molecule has 0 spiro atoms. The number of nitrogens with one attached hydrogen (secondary N) is 1. The number of carbonyl (C=O) groups excluding carboxylic acids is 2. The Kier molecular flexibility index (Phi) is 6.82. The van der Waals surface area contributed by atoms with Gasteiger partial charge in [-0.05, 0) is 17.7 Å². The quantitative estimate of drug-likeness (QED) is 0.853. The normalized spacial score (nSPS) is 14.6. The molecule has 2 aromatic rings. The van der Waals surface area contributed by atoms with Crippen LogP contribution in [0.5, 0.6) is 0 Å². The molecule has 0 saturated carbocycles. The molecule has 1 aliphatic rings. The first-order chi connectivity index (χ1) is 13.2. The molecule has 27 heavy (non-hydrogen) atoms. The van der Waals surface area contributed by atoms with Crippen LogP contribution >= 0.6 is 0 Å². The van der Waals surface area contributed by atoms with E-state index in [1.165, 1.54) is 0 Å². The second-order valence-electron chi connectivity index (χ2n) is 6.53. The van der Waals surface area contributed by atoms with Gasteiger partial charge in [0.05, 0.1) is 0 Å². The zero-order chi connectivity index (χ0) is 18.9. The van der Waals surface area contributed by atoms with Crippen molar-refractivity contribution in [1.82, 2.24) is 9.80 Å². The first-order valence-corrected chi connectivity index (χ1v) is 9.23. The fourth-order valence-electron chi connectivity index (χ4n) is 2.97. The van der Waals surface area contributed by atoms with Gasteiger partial charge in [-0.1, -0.05) is 48.5 Å². The Balaban J connectivity index is 1.33. The van der Waals surface area contributed by atoms with Crippen molar-refractivity contribution in [3.8, 4) is 0 Å². The first kappa shape index (κ1) is 18.9. The summed E-state index contributed by atoms with van der Waals surface area (Å²) in [6.07, 6.45) is 0.160. The summed E-state index contributed by atoms with van der Waals surface area (Å²) in [5.41, 5.74) is 1.79. The van der Waals surface area contributed by atoms with Crippen LogP contribution in [-0.4, -0.2) is 54.5 Å². The van der Waals surface area contributed by atoms with Gasteiger partial charge < -0.3 is 15.0 Å². The Morgan fingerprint density at radius 1 is 0.889 bits per heavy atom. The van der Waals surface area contributed by atoms with Crippen LogP contribution in [0.15, 0.2) is 60.7 Å². The van der Waals surface area contributed by atoms with Crippen molar-refractivity contribution in [1.29, 1.82) is 0 Å². The summed E-state index contributed by atoms with van der Waals surface area (Å²) >= 11 is 0. The lowest BCUT2D eigenvalue weighted by Gasteiger charge is -2.33. The molecule has 1 aliphatic heterocycles. The van der Waals surface area contributed by atoms with Crippen LogP contribution < -0.4 is 5.32 Å². The summed E-state index contributed by atoms with van der Waals surface area (Å²) in [6.45, 7) is 3.71. The van der Waals surface area contributed by atoms with E-state index in [9.17, 15) is 9.59 Å². The Morgan fingerprint density at radius 3 is 2.19 bits per heavy atom. The van der Waals surface area contributed by atoms with Gasteiger partial charge in [0.1, 0.15) is 6.61 Å². The summed E-state index contributed by atoms with van der Waals surface area (Å²) in [5, 5.41) is 2.89. The van der Waals surface area contributed by atoms with Crippen molar-refractivity contribution in [2.24, 2.45) is 0 Å². The third kappa shape index (κ3) is 6.11. The van der Waals surface area contributed by atoms with E-state index in [4.69, 9.17) is 4.74 Å². The molecule has 6 heteroatoms. The average Bonchev–Trinajstić information content (AvgIpc) is 2.72. The molecule has 1 heterocycles. The van der Waals surface area contributed by atoms with Gasteiger partial charge in [-0.25, -0.2) is 4.79 Å². The molecule has 0 aromatic heterocycles. The minimum Gasteiger partial charge on any atom is -0.445 e. The fraction of sp³-hybridized carbons (Fsp3) is 0.333. The van der Waals surface area contributed by atoms with Crippen molar-refractivity contribution >= 4 is 17.7 Å². The second-order valence-corrected chi connectivity index (χ2v) is 6.53. The van der Waals surface area contributed by atoms with Crippen LogP contribution in [0.2, 0.25) is 0 Å². The zero-order valence-corrected chi connectivity index (χ0v) is 15.3. The highest BCUT2D eigenvalue weighted by Gasteiger charge is 2.22. The number of piperazine rings is 1. The third-order valence-electron chi connectivity index (χ3n) is 4.55. The Labute approximate surface area is 159 Å². The van der Waals surface area contributed by atoms with Gasteiger partial charge in [0.2, 0.25) is 5.91 Å². The number of nitrogens with zero attached hydrogens (tertiary/aromatic N) is 2. The van der Waals surface area contributed by atoms with Gasteiger partial charge in [0, 0.05) is 44.8 Å². The molecule has 0 aliphatic carbocycles. The van der Waals surface area contributed by atoms with Gasteiger partial charge in [-0.2, -0.15) is 0 Å². The van der Waals surface area contributed by atoms with E-state index in [-0.39, 0.29) is 12.0 Å². The molecule has 3 rings (SSSR count). The highest BCUT2D eigenvalue weighted by Crippen LogP contribution is 2.09. The summed E-state index contributed by atoms with van der Waals surface area (Å²) in [7, 11) is 0. The third-order valence-corrected chi connectivity index (χ3v) is 4.55. The Hall–Kier alpha value is -2.86. The van der Waals surface area contributed by atoms with Crippen LogP contribution in [0.4, 0.5) is 10.5 Å². The highest BCUT2D eigenvalue weighted by atomic mass is 16.6. The van der Waals surface area contributed by atoms with Crippen LogP contribution in [0, 0.1) is 0 Å². The SMILES string of the molecule is O=C(CCN1CCN(C(=O)OCc2ccccc2)CC1)Nc1ccccc1. The van der Waals surface area contributed by atoms with E-state index in [0.717, 1.165) is 24.3 Å². The number of carbonyl (C=O) groups is 2. The number of hydrogen-bond donors (Lipinski definition) is 1. The van der Waals surface area contributed by atoms with Crippen molar-refractivity contribution in [3.63, 3.8) is 0 Å². The number of hydrogen-bond acceptors (Lipinski definition) is 4. The standard InChI is InChI=1S/C21H25N3O3/c25-20(22-19-9-5-2-6-10-19)11-12-23-13-15-24(16-14-23)21(26)27-17-18-7-3-1-4-8-18/h1-10H,11-17H2,(H,22,25). The second kappa shape index (κ2) is 9.73. The van der Waals surface area contributed by atoms with Gasteiger partial charge in [-0.3, -0.25) is 9.69 Å². The minimum absolute atomic E-state index is 0.00546. The summed E-state index contributed by atoms with van der Waals surface area (Å²) in [4.78, 5) is 28.1. The lowest BCUT2D eigenvalue weighted by molar-refractivity contribution is -0.116. The van der Waals surface area contributed by atoms with Gasteiger partial charge >= 0.3 is 6.09 Å². The van der Waals surface area contributed by atoms with Crippen molar-refractivity contribution in [3.05, 3.63) is 66.2 Å². The molecule has 1 N–H and O–H groups in total. The van der Waals surface area contributed by atoms with E-state index in [1.54, 1.807) is 4.90 Å². The number of amides is 2. The molecule has 0 bridgehead atoms. The maximum atomic E-state index is 12.2. The Bertz CT molecular complexity index is 729. The van der Waals surface area contributed by atoms with E-state index < -0.39 is 0 Å². The van der Waals surface area contributed by atoms with Gasteiger partial charge in [0.15, 0.2) is 0 Å². The van der Waals surface area contributed by atoms with Crippen LogP contribution in [0.25, 0.3) is 0 Å². The number of para-hydroxylation sites is 1. The molecule has 2 aromatic carbocycles. The fourth-order valence-corrected chi connectivity index (χ4v) is 2.97. The smallest absolute Gasteiger partial charge is 0.410 e. The molecule has 0 radical (unpaired) electrons. The molecule has 142 valence electrons. The first-order valence-electron chi connectivity index (χ1n) is 9.23. The molecule has 1 fully saturated rings. The summed E-state index contributed by atoms with van der Waals surface area (Å²) < 4.78 is 5.37. The molecule has 1 saturated heterocycles. The Morgan fingerprint density at radius 2 is 1.52 bits per heavy atom. The zero-order valence-electron chi connectivity index (χ0n) is 15.3. The van der Waals surface area contributed by atoms with Crippen molar-refractivity contribution in [2.75, 3.05) is 38.0 Å². The van der Waals surface area contributed by atoms with Gasteiger partial charge in [0.25, 0.3) is 0 Å². The highest BCUT2D eigenvalue weighted by molar-refractivity contribution is 5.90. The van der Waals surface area contributed by atoms with Crippen molar-refractivity contribution in [2.45, 2.75) is 13.0 Å². The van der Waals surface area contributed by atoms with E-state index in [2.05, 4.69) is 10.2 Å². The predicted molar refractivity (Wildman–Crippen MR) is 104 cm³/mol.